The zero-order valence-electron chi connectivity index (χ0n) is 7.27. The highest BCUT2D eigenvalue weighted by atomic mass is 32.2. The summed E-state index contributed by atoms with van der Waals surface area (Å²) < 4.78 is 11.7. The summed E-state index contributed by atoms with van der Waals surface area (Å²) in [6.07, 6.45) is 0. The van der Waals surface area contributed by atoms with Crippen LogP contribution >= 0.6 is 0 Å². The Morgan fingerprint density at radius 1 is 1.50 bits per heavy atom. The number of hydrogen-bond acceptors (Lipinski definition) is 3. The van der Waals surface area contributed by atoms with Crippen LogP contribution in [0.4, 0.5) is 5.69 Å². The molecule has 1 aliphatic heterocycles. The Kier molecular flexibility index (Phi) is 2.25. The van der Waals surface area contributed by atoms with E-state index in [2.05, 4.69) is 5.32 Å². The van der Waals surface area contributed by atoms with E-state index in [0.717, 1.165) is 5.69 Å². The smallest absolute Gasteiger partial charge is 0.321 e. The molecule has 0 fully saturated rings. The SMILES string of the molecule is O=C(O)[C@@H]1CNc2ccccc2[S@]1=O. The summed E-state index contributed by atoms with van der Waals surface area (Å²) in [6, 6.07) is 7.06. The maximum atomic E-state index is 11.7. The lowest BCUT2D eigenvalue weighted by molar-refractivity contribution is -0.136. The lowest BCUT2D eigenvalue weighted by Crippen LogP contribution is -2.36. The number of anilines is 1. The van der Waals surface area contributed by atoms with Gasteiger partial charge in [-0.05, 0) is 12.1 Å². The minimum atomic E-state index is -1.45. The molecule has 74 valence electrons. The first-order valence-electron chi connectivity index (χ1n) is 4.16. The van der Waals surface area contributed by atoms with Crippen LogP contribution in [0.25, 0.3) is 0 Å². The van der Waals surface area contributed by atoms with Gasteiger partial charge in [0.2, 0.25) is 0 Å². The maximum absolute atomic E-state index is 11.7. The number of rotatable bonds is 1. The maximum Gasteiger partial charge on any atom is 0.321 e. The highest BCUT2D eigenvalue weighted by Gasteiger charge is 2.30. The fourth-order valence-corrected chi connectivity index (χ4v) is 2.69. The van der Waals surface area contributed by atoms with Crippen LogP contribution in [-0.2, 0) is 15.6 Å². The summed E-state index contributed by atoms with van der Waals surface area (Å²) in [5, 5.41) is 10.9. The Bertz CT molecular complexity index is 405. The predicted molar refractivity (Wildman–Crippen MR) is 52.8 cm³/mol. The first-order valence-corrected chi connectivity index (χ1v) is 5.38. The molecule has 0 spiro atoms. The molecule has 0 aromatic heterocycles. The fourth-order valence-electron chi connectivity index (χ4n) is 1.40. The molecule has 2 atom stereocenters. The molecular weight excluding hydrogens is 202 g/mol. The van der Waals surface area contributed by atoms with Crippen molar-refractivity contribution in [1.29, 1.82) is 0 Å². The van der Waals surface area contributed by atoms with Crippen LogP contribution in [0.5, 0.6) is 0 Å². The summed E-state index contributed by atoms with van der Waals surface area (Å²) in [5.74, 6) is -1.02. The van der Waals surface area contributed by atoms with Gasteiger partial charge in [-0.25, -0.2) is 0 Å². The number of aliphatic carboxylic acids is 1. The van der Waals surface area contributed by atoms with Gasteiger partial charge in [-0.2, -0.15) is 0 Å². The van der Waals surface area contributed by atoms with Crippen LogP contribution in [0.15, 0.2) is 29.2 Å². The van der Waals surface area contributed by atoms with Crippen molar-refractivity contribution in [3.05, 3.63) is 24.3 Å². The molecule has 4 nitrogen and oxygen atoms in total. The van der Waals surface area contributed by atoms with E-state index in [1.165, 1.54) is 0 Å². The highest BCUT2D eigenvalue weighted by Crippen LogP contribution is 2.25. The molecule has 0 radical (unpaired) electrons. The zero-order chi connectivity index (χ0) is 10.1. The topological polar surface area (TPSA) is 66.4 Å². The van der Waals surface area contributed by atoms with Crippen LogP contribution in [0.2, 0.25) is 0 Å². The predicted octanol–water partition coefficient (Wildman–Crippen LogP) is 0.673. The molecule has 2 N–H and O–H groups in total. The number of carbonyl (C=O) groups is 1. The van der Waals surface area contributed by atoms with Crippen molar-refractivity contribution in [2.75, 3.05) is 11.9 Å². The molecule has 0 aliphatic carbocycles. The summed E-state index contributed by atoms with van der Waals surface area (Å²) in [5.41, 5.74) is 0.767. The number of para-hydroxylation sites is 1. The van der Waals surface area contributed by atoms with Gasteiger partial charge in [0, 0.05) is 6.54 Å². The van der Waals surface area contributed by atoms with Gasteiger partial charge in [-0.3, -0.25) is 9.00 Å². The van der Waals surface area contributed by atoms with Crippen LogP contribution in [0, 0.1) is 0 Å². The van der Waals surface area contributed by atoms with E-state index in [-0.39, 0.29) is 6.54 Å². The average molecular weight is 211 g/mol. The highest BCUT2D eigenvalue weighted by molar-refractivity contribution is 7.86. The van der Waals surface area contributed by atoms with Crippen molar-refractivity contribution in [2.24, 2.45) is 0 Å². The average Bonchev–Trinajstić information content (AvgIpc) is 2.18. The standard InChI is InChI=1S/C9H9NO3S/c11-9(12)8-5-10-6-3-1-2-4-7(6)14(8)13/h1-4,8,10H,5H2,(H,11,12)/t8-,14+/m0/s1. The second-order valence-corrected chi connectivity index (χ2v) is 4.61. The van der Waals surface area contributed by atoms with Crippen molar-refractivity contribution >= 4 is 22.5 Å². The molecule has 0 saturated carbocycles. The summed E-state index contributed by atoms with van der Waals surface area (Å²) in [7, 11) is -1.45. The molecule has 0 bridgehead atoms. The third-order valence-electron chi connectivity index (χ3n) is 2.12. The first kappa shape index (κ1) is 9.21. The second kappa shape index (κ2) is 3.42. The monoisotopic (exact) mass is 211 g/mol. The number of carboxylic acid groups (broad SMARTS) is 1. The molecule has 14 heavy (non-hydrogen) atoms. The second-order valence-electron chi connectivity index (χ2n) is 3.00. The normalized spacial score (nSPS) is 24.9. The van der Waals surface area contributed by atoms with E-state index >= 15 is 0 Å². The van der Waals surface area contributed by atoms with E-state index in [9.17, 15) is 9.00 Å². The molecular formula is C9H9NO3S. The van der Waals surface area contributed by atoms with Gasteiger partial charge in [0.1, 0.15) is 0 Å². The first-order chi connectivity index (χ1) is 6.70. The molecule has 5 heteroatoms. The minimum Gasteiger partial charge on any atom is -0.480 e. The van der Waals surface area contributed by atoms with Crippen LogP contribution in [-0.4, -0.2) is 27.1 Å². The largest absolute Gasteiger partial charge is 0.480 e. The van der Waals surface area contributed by atoms with Gasteiger partial charge >= 0.3 is 5.97 Å². The molecule has 0 unspecified atom stereocenters. The summed E-state index contributed by atoms with van der Waals surface area (Å²) >= 11 is 0. The molecule has 1 aliphatic rings. The lowest BCUT2D eigenvalue weighted by Gasteiger charge is -2.22. The molecule has 0 amide bonds. The van der Waals surface area contributed by atoms with E-state index in [4.69, 9.17) is 5.11 Å². The Morgan fingerprint density at radius 2 is 2.21 bits per heavy atom. The van der Waals surface area contributed by atoms with Crippen molar-refractivity contribution in [2.45, 2.75) is 10.1 Å². The van der Waals surface area contributed by atoms with Gasteiger partial charge in [-0.1, -0.05) is 12.1 Å². The number of benzene rings is 1. The Balaban J connectivity index is 2.41. The van der Waals surface area contributed by atoms with Crippen molar-refractivity contribution in [3.63, 3.8) is 0 Å². The van der Waals surface area contributed by atoms with Gasteiger partial charge in [-0.15, -0.1) is 0 Å². The zero-order valence-corrected chi connectivity index (χ0v) is 8.08. The number of hydrogen-bond donors (Lipinski definition) is 2. The van der Waals surface area contributed by atoms with Crippen molar-refractivity contribution in [3.8, 4) is 0 Å². The molecule has 2 rings (SSSR count). The molecule has 1 heterocycles. The van der Waals surface area contributed by atoms with Crippen molar-refractivity contribution in [1.82, 2.24) is 0 Å². The van der Waals surface area contributed by atoms with Crippen LogP contribution in [0.1, 0.15) is 0 Å². The van der Waals surface area contributed by atoms with E-state index in [1.54, 1.807) is 18.2 Å². The van der Waals surface area contributed by atoms with Crippen LogP contribution < -0.4 is 5.32 Å². The van der Waals surface area contributed by atoms with E-state index in [1.807, 2.05) is 6.07 Å². The van der Waals surface area contributed by atoms with E-state index < -0.39 is 22.0 Å². The van der Waals surface area contributed by atoms with Gasteiger partial charge in [0.05, 0.1) is 21.4 Å². The Morgan fingerprint density at radius 3 is 2.93 bits per heavy atom. The van der Waals surface area contributed by atoms with Gasteiger partial charge in [0.15, 0.2) is 5.25 Å². The number of nitrogens with one attached hydrogen (secondary N) is 1. The third-order valence-corrected chi connectivity index (χ3v) is 3.79. The summed E-state index contributed by atoms with van der Waals surface area (Å²) in [6.45, 7) is 0.221. The summed E-state index contributed by atoms with van der Waals surface area (Å²) in [4.78, 5) is 11.3. The quantitative estimate of drug-likeness (QED) is 0.716. The minimum absolute atomic E-state index is 0.221. The molecule has 1 aromatic carbocycles. The number of fused-ring (bicyclic) bond motifs is 1. The number of carboxylic acids is 1. The van der Waals surface area contributed by atoms with Crippen LogP contribution in [0.3, 0.4) is 0 Å². The van der Waals surface area contributed by atoms with E-state index in [0.29, 0.717) is 4.90 Å². The molecule has 1 aromatic rings. The van der Waals surface area contributed by atoms with Gasteiger partial charge in [0.25, 0.3) is 0 Å². The fraction of sp³-hybridized carbons (Fsp3) is 0.222. The molecule has 0 saturated heterocycles. The Hall–Kier alpha value is -1.36. The lowest BCUT2D eigenvalue weighted by atomic mass is 10.3. The Labute approximate surface area is 83.4 Å². The third kappa shape index (κ3) is 1.39. The van der Waals surface area contributed by atoms with Crippen molar-refractivity contribution < 1.29 is 14.1 Å². The van der Waals surface area contributed by atoms with Gasteiger partial charge < -0.3 is 10.4 Å².